The highest BCUT2D eigenvalue weighted by Crippen LogP contribution is 2.21. The Balaban J connectivity index is 2.35. The molecule has 6 heteroatoms. The monoisotopic (exact) mass is 354 g/mol. The Morgan fingerprint density at radius 1 is 1.05 bits per heavy atom. The van der Waals surface area contributed by atoms with Crippen molar-refractivity contribution >= 4 is 31.6 Å². The molecule has 1 aromatic carbocycles. The van der Waals surface area contributed by atoms with Crippen LogP contribution in [0.4, 0.5) is 5.69 Å². The van der Waals surface area contributed by atoms with E-state index >= 15 is 0 Å². The predicted molar refractivity (Wildman–Crippen MR) is 83.4 cm³/mol. The number of rotatable bonds is 3. The van der Waals surface area contributed by atoms with Crippen LogP contribution in [0.1, 0.15) is 16.7 Å². The highest BCUT2D eigenvalue weighted by atomic mass is 79.9. The van der Waals surface area contributed by atoms with Crippen molar-refractivity contribution in [1.29, 1.82) is 0 Å². The molecule has 0 saturated carbocycles. The Kier molecular flexibility index (Phi) is 4.15. The van der Waals surface area contributed by atoms with E-state index in [0.29, 0.717) is 10.3 Å². The molecule has 0 aliphatic carbocycles. The van der Waals surface area contributed by atoms with Crippen LogP contribution in [0.15, 0.2) is 40.0 Å². The van der Waals surface area contributed by atoms with E-state index in [1.165, 1.54) is 6.20 Å². The van der Waals surface area contributed by atoms with Gasteiger partial charge in [-0.3, -0.25) is 4.72 Å². The van der Waals surface area contributed by atoms with E-state index in [0.717, 1.165) is 16.7 Å². The normalized spacial score (nSPS) is 11.4. The van der Waals surface area contributed by atoms with Crippen LogP contribution in [0.3, 0.4) is 0 Å². The Labute approximate surface area is 127 Å². The second-order valence-corrected chi connectivity index (χ2v) is 7.12. The number of nitrogens with zero attached hydrogens (tertiary/aromatic N) is 1. The fourth-order valence-electron chi connectivity index (χ4n) is 1.71. The Hall–Kier alpha value is -1.40. The van der Waals surface area contributed by atoms with Gasteiger partial charge in [0.2, 0.25) is 0 Å². The van der Waals surface area contributed by atoms with Crippen molar-refractivity contribution in [3.8, 4) is 0 Å². The first-order valence-corrected chi connectivity index (χ1v) is 8.29. The summed E-state index contributed by atoms with van der Waals surface area (Å²) in [7, 11) is -3.59. The van der Waals surface area contributed by atoms with Crippen molar-refractivity contribution in [2.24, 2.45) is 0 Å². The number of aromatic nitrogens is 1. The average molecular weight is 355 g/mol. The number of hydrogen-bond acceptors (Lipinski definition) is 3. The summed E-state index contributed by atoms with van der Waals surface area (Å²) in [5, 5.41) is 0. The lowest BCUT2D eigenvalue weighted by atomic mass is 10.1. The zero-order valence-electron chi connectivity index (χ0n) is 11.4. The summed E-state index contributed by atoms with van der Waals surface area (Å²) in [5.74, 6) is 0. The lowest BCUT2D eigenvalue weighted by Gasteiger charge is -2.10. The summed E-state index contributed by atoms with van der Waals surface area (Å²) < 4.78 is 27.9. The molecule has 0 radical (unpaired) electrons. The number of halogens is 1. The van der Waals surface area contributed by atoms with E-state index in [-0.39, 0.29) is 4.90 Å². The molecule has 0 aliphatic rings. The molecule has 0 atom stereocenters. The summed E-state index contributed by atoms with van der Waals surface area (Å²) in [5.41, 5.74) is 3.32. The van der Waals surface area contributed by atoms with Crippen LogP contribution in [0.2, 0.25) is 0 Å². The van der Waals surface area contributed by atoms with Crippen molar-refractivity contribution in [1.82, 2.24) is 4.98 Å². The summed E-state index contributed by atoms with van der Waals surface area (Å²) in [4.78, 5) is 4.33. The predicted octanol–water partition coefficient (Wildman–Crippen LogP) is 3.57. The zero-order chi connectivity index (χ0) is 14.9. The maximum Gasteiger partial charge on any atom is 0.261 e. The second kappa shape index (κ2) is 5.54. The molecule has 106 valence electrons. The largest absolute Gasteiger partial charge is 0.278 e. The maximum atomic E-state index is 12.3. The number of anilines is 1. The summed E-state index contributed by atoms with van der Waals surface area (Å²) in [6, 6.07) is 6.80. The van der Waals surface area contributed by atoms with Gasteiger partial charge in [0, 0.05) is 0 Å². The smallest absolute Gasteiger partial charge is 0.261 e. The number of hydrogen-bond donors (Lipinski definition) is 1. The van der Waals surface area contributed by atoms with Gasteiger partial charge in [-0.25, -0.2) is 13.4 Å². The zero-order valence-corrected chi connectivity index (χ0v) is 13.8. The second-order valence-electron chi connectivity index (χ2n) is 4.68. The van der Waals surface area contributed by atoms with Gasteiger partial charge in [-0.1, -0.05) is 6.07 Å². The number of nitrogens with one attached hydrogen (secondary N) is 1. The van der Waals surface area contributed by atoms with Gasteiger partial charge in [0.1, 0.15) is 4.60 Å². The third kappa shape index (κ3) is 3.19. The van der Waals surface area contributed by atoms with E-state index in [2.05, 4.69) is 25.6 Å². The van der Waals surface area contributed by atoms with Crippen molar-refractivity contribution < 1.29 is 8.42 Å². The number of benzene rings is 1. The van der Waals surface area contributed by atoms with E-state index in [4.69, 9.17) is 0 Å². The van der Waals surface area contributed by atoms with Gasteiger partial charge in [0.25, 0.3) is 10.0 Å². The fourth-order valence-corrected chi connectivity index (χ4v) is 3.04. The van der Waals surface area contributed by atoms with Crippen LogP contribution in [-0.4, -0.2) is 13.4 Å². The SMILES string of the molecule is Cc1ccc(S(=O)(=O)Nc2cnc(Br)c(C)c2)cc1C. The van der Waals surface area contributed by atoms with Crippen LogP contribution >= 0.6 is 15.9 Å². The van der Waals surface area contributed by atoms with Crippen LogP contribution in [0, 0.1) is 20.8 Å². The van der Waals surface area contributed by atoms with Gasteiger partial charge in [-0.15, -0.1) is 0 Å². The molecular formula is C14H15BrN2O2S. The van der Waals surface area contributed by atoms with Crippen LogP contribution < -0.4 is 4.72 Å². The standard InChI is InChI=1S/C14H15BrN2O2S/c1-9-4-5-13(7-10(9)2)20(18,19)17-12-6-11(3)14(15)16-8-12/h4-8,17H,1-3H3. The van der Waals surface area contributed by atoms with Crippen molar-refractivity contribution in [2.75, 3.05) is 4.72 Å². The molecule has 0 fully saturated rings. The third-order valence-corrected chi connectivity index (χ3v) is 5.26. The molecule has 2 rings (SSSR count). The number of sulfonamides is 1. The van der Waals surface area contributed by atoms with E-state index in [9.17, 15) is 8.42 Å². The maximum absolute atomic E-state index is 12.3. The van der Waals surface area contributed by atoms with Crippen molar-refractivity contribution in [3.05, 3.63) is 51.8 Å². The highest BCUT2D eigenvalue weighted by Gasteiger charge is 2.15. The van der Waals surface area contributed by atoms with Gasteiger partial charge < -0.3 is 0 Å². The van der Waals surface area contributed by atoms with Gasteiger partial charge in [-0.05, 0) is 71.6 Å². The molecule has 2 aromatic rings. The van der Waals surface area contributed by atoms with Crippen LogP contribution in [0.25, 0.3) is 0 Å². The molecule has 0 saturated heterocycles. The molecule has 0 bridgehead atoms. The molecule has 0 aliphatic heterocycles. The van der Waals surface area contributed by atoms with Crippen LogP contribution in [0.5, 0.6) is 0 Å². The molecule has 0 unspecified atom stereocenters. The first-order valence-electron chi connectivity index (χ1n) is 6.02. The minimum absolute atomic E-state index is 0.251. The Morgan fingerprint density at radius 3 is 2.35 bits per heavy atom. The molecule has 4 nitrogen and oxygen atoms in total. The minimum Gasteiger partial charge on any atom is -0.278 e. The van der Waals surface area contributed by atoms with Gasteiger partial charge in [0.15, 0.2) is 0 Å². The van der Waals surface area contributed by atoms with Crippen molar-refractivity contribution in [3.63, 3.8) is 0 Å². The van der Waals surface area contributed by atoms with Gasteiger partial charge >= 0.3 is 0 Å². The molecule has 1 N–H and O–H groups in total. The lowest BCUT2D eigenvalue weighted by Crippen LogP contribution is -2.13. The van der Waals surface area contributed by atoms with E-state index in [1.807, 2.05) is 20.8 Å². The lowest BCUT2D eigenvalue weighted by molar-refractivity contribution is 0.601. The molecule has 20 heavy (non-hydrogen) atoms. The third-order valence-electron chi connectivity index (χ3n) is 3.06. The highest BCUT2D eigenvalue weighted by molar-refractivity contribution is 9.10. The van der Waals surface area contributed by atoms with E-state index in [1.54, 1.807) is 24.3 Å². The Morgan fingerprint density at radius 2 is 1.75 bits per heavy atom. The molecular weight excluding hydrogens is 340 g/mol. The first-order chi connectivity index (χ1) is 9.29. The quantitative estimate of drug-likeness (QED) is 0.857. The first kappa shape index (κ1) is 15.0. The summed E-state index contributed by atoms with van der Waals surface area (Å²) >= 11 is 3.28. The van der Waals surface area contributed by atoms with Gasteiger partial charge in [-0.2, -0.15) is 0 Å². The molecule has 0 amide bonds. The summed E-state index contributed by atoms with van der Waals surface area (Å²) in [6.07, 6.45) is 1.48. The average Bonchev–Trinajstić information content (AvgIpc) is 2.37. The van der Waals surface area contributed by atoms with Gasteiger partial charge in [0.05, 0.1) is 16.8 Å². The molecule has 0 spiro atoms. The minimum atomic E-state index is -3.59. The molecule has 1 aromatic heterocycles. The van der Waals surface area contributed by atoms with E-state index < -0.39 is 10.0 Å². The van der Waals surface area contributed by atoms with Crippen LogP contribution in [-0.2, 0) is 10.0 Å². The number of aryl methyl sites for hydroxylation is 3. The Bertz CT molecular complexity index is 758. The fraction of sp³-hybridized carbons (Fsp3) is 0.214. The molecule has 1 heterocycles. The topological polar surface area (TPSA) is 59.1 Å². The number of pyridine rings is 1. The summed E-state index contributed by atoms with van der Waals surface area (Å²) in [6.45, 7) is 5.69. The van der Waals surface area contributed by atoms with Crippen molar-refractivity contribution in [2.45, 2.75) is 25.7 Å².